The van der Waals surface area contributed by atoms with Crippen molar-refractivity contribution in [3.05, 3.63) is 72.2 Å². The van der Waals surface area contributed by atoms with Crippen LogP contribution in [0.5, 0.6) is 5.75 Å². The van der Waals surface area contributed by atoms with Gasteiger partial charge in [-0.25, -0.2) is 14.8 Å². The number of nitrogens with zero attached hydrogens (tertiary/aromatic N) is 2. The van der Waals surface area contributed by atoms with Gasteiger partial charge in [-0.1, -0.05) is 18.2 Å². The summed E-state index contributed by atoms with van der Waals surface area (Å²) < 4.78 is 10.3. The molecule has 0 saturated heterocycles. The molecule has 0 unspecified atom stereocenters. The van der Waals surface area contributed by atoms with Crippen molar-refractivity contribution in [3.8, 4) is 5.75 Å². The van der Waals surface area contributed by atoms with Crippen molar-refractivity contribution in [2.45, 2.75) is 6.92 Å². The smallest absolute Gasteiger partial charge is 0.337 e. The van der Waals surface area contributed by atoms with Crippen LogP contribution in [0, 0.1) is 0 Å². The third-order valence-electron chi connectivity index (χ3n) is 3.89. The summed E-state index contributed by atoms with van der Waals surface area (Å²) in [5.74, 6) is 0.206. The number of anilines is 3. The van der Waals surface area contributed by atoms with E-state index in [1.165, 1.54) is 25.6 Å². The molecule has 0 aliphatic rings. The molecule has 0 fully saturated rings. The summed E-state index contributed by atoms with van der Waals surface area (Å²) in [6.45, 7) is 2.43. The van der Waals surface area contributed by atoms with Gasteiger partial charge in [0.05, 0.1) is 25.0 Å². The van der Waals surface area contributed by atoms with Crippen molar-refractivity contribution in [3.63, 3.8) is 0 Å². The van der Waals surface area contributed by atoms with Crippen LogP contribution in [0.4, 0.5) is 17.2 Å². The second-order valence-electron chi connectivity index (χ2n) is 5.87. The predicted octanol–water partition coefficient (Wildman–Crippen LogP) is 3.66. The lowest BCUT2D eigenvalue weighted by Gasteiger charge is -2.12. The lowest BCUT2D eigenvalue weighted by atomic mass is 10.2. The van der Waals surface area contributed by atoms with Crippen LogP contribution < -0.4 is 15.4 Å². The third-order valence-corrected chi connectivity index (χ3v) is 3.89. The summed E-state index contributed by atoms with van der Waals surface area (Å²) in [5.41, 5.74) is 1.68. The number of hydrogen-bond donors (Lipinski definition) is 2. The molecule has 0 aliphatic heterocycles. The van der Waals surface area contributed by atoms with E-state index in [1.54, 1.807) is 18.2 Å². The van der Waals surface area contributed by atoms with Crippen LogP contribution in [0.1, 0.15) is 27.8 Å². The zero-order chi connectivity index (χ0) is 20.6. The molecular weight excluding hydrogens is 372 g/mol. The Bertz CT molecular complexity index is 1020. The third kappa shape index (κ3) is 5.07. The predicted molar refractivity (Wildman–Crippen MR) is 109 cm³/mol. The Morgan fingerprint density at radius 2 is 1.86 bits per heavy atom. The molecule has 2 aromatic carbocycles. The fourth-order valence-corrected chi connectivity index (χ4v) is 2.58. The van der Waals surface area contributed by atoms with Gasteiger partial charge in [0.15, 0.2) is 0 Å². The number of para-hydroxylation sites is 2. The summed E-state index contributed by atoms with van der Waals surface area (Å²) >= 11 is 0. The first-order chi connectivity index (χ1) is 14.1. The Hall–Kier alpha value is -3.94. The van der Waals surface area contributed by atoms with E-state index in [2.05, 4.69) is 25.3 Å². The van der Waals surface area contributed by atoms with Gasteiger partial charge >= 0.3 is 5.97 Å². The summed E-state index contributed by atoms with van der Waals surface area (Å²) in [5, 5.41) is 5.84. The standard InChI is InChI=1S/C21H20N4O4/c1-3-29-18-10-5-4-9-16(18)25-19-12-17(22-13-23-19)20(26)24-15-8-6-7-14(11-15)21(27)28-2/h4-13H,3H2,1-2H3,(H,24,26)(H,22,23,25). The Kier molecular flexibility index (Phi) is 6.36. The van der Waals surface area contributed by atoms with Gasteiger partial charge in [0.2, 0.25) is 0 Å². The largest absolute Gasteiger partial charge is 0.492 e. The van der Waals surface area contributed by atoms with E-state index in [1.807, 2.05) is 31.2 Å². The topological polar surface area (TPSA) is 102 Å². The van der Waals surface area contributed by atoms with Crippen molar-refractivity contribution >= 4 is 29.1 Å². The Morgan fingerprint density at radius 3 is 2.66 bits per heavy atom. The molecule has 0 bridgehead atoms. The maximum atomic E-state index is 12.6. The van der Waals surface area contributed by atoms with Gasteiger partial charge in [0.25, 0.3) is 5.91 Å². The number of ether oxygens (including phenoxy) is 2. The van der Waals surface area contributed by atoms with Crippen LogP contribution in [0.25, 0.3) is 0 Å². The fraction of sp³-hybridized carbons (Fsp3) is 0.143. The van der Waals surface area contributed by atoms with Gasteiger partial charge in [-0.2, -0.15) is 0 Å². The van der Waals surface area contributed by atoms with E-state index in [4.69, 9.17) is 4.74 Å². The Morgan fingerprint density at radius 1 is 1.03 bits per heavy atom. The monoisotopic (exact) mass is 392 g/mol. The number of carbonyl (C=O) groups excluding carboxylic acids is 2. The number of rotatable bonds is 7. The number of nitrogens with one attached hydrogen (secondary N) is 2. The number of amides is 1. The summed E-state index contributed by atoms with van der Waals surface area (Å²) in [7, 11) is 1.30. The number of aromatic nitrogens is 2. The molecule has 1 amide bonds. The minimum absolute atomic E-state index is 0.167. The van der Waals surface area contributed by atoms with E-state index in [-0.39, 0.29) is 5.69 Å². The molecule has 3 rings (SSSR count). The average Bonchev–Trinajstić information content (AvgIpc) is 2.75. The zero-order valence-electron chi connectivity index (χ0n) is 16.0. The van der Waals surface area contributed by atoms with Crippen LogP contribution in [0.2, 0.25) is 0 Å². The maximum Gasteiger partial charge on any atom is 0.337 e. The maximum absolute atomic E-state index is 12.6. The van der Waals surface area contributed by atoms with E-state index < -0.39 is 11.9 Å². The van der Waals surface area contributed by atoms with Crippen LogP contribution in [0.15, 0.2) is 60.9 Å². The van der Waals surface area contributed by atoms with Crippen LogP contribution in [-0.4, -0.2) is 35.6 Å². The summed E-state index contributed by atoms with van der Waals surface area (Å²) in [6, 6.07) is 15.4. The average molecular weight is 392 g/mol. The highest BCUT2D eigenvalue weighted by molar-refractivity contribution is 6.04. The highest BCUT2D eigenvalue weighted by atomic mass is 16.5. The molecule has 0 radical (unpaired) electrons. The Labute approximate surface area is 167 Å². The molecule has 29 heavy (non-hydrogen) atoms. The number of benzene rings is 2. The highest BCUT2D eigenvalue weighted by Crippen LogP contribution is 2.26. The number of esters is 1. The lowest BCUT2D eigenvalue weighted by Crippen LogP contribution is -2.15. The molecule has 0 aliphatic carbocycles. The molecule has 3 aromatic rings. The number of hydrogen-bond acceptors (Lipinski definition) is 7. The molecule has 2 N–H and O–H groups in total. The molecule has 1 aromatic heterocycles. The van der Waals surface area contributed by atoms with E-state index in [0.29, 0.717) is 29.4 Å². The van der Waals surface area contributed by atoms with Crippen LogP contribution >= 0.6 is 0 Å². The summed E-state index contributed by atoms with van der Waals surface area (Å²) in [6.07, 6.45) is 1.30. The fourth-order valence-electron chi connectivity index (χ4n) is 2.58. The first-order valence-corrected chi connectivity index (χ1v) is 8.91. The molecule has 148 valence electrons. The number of carbonyl (C=O) groups is 2. The van der Waals surface area contributed by atoms with Gasteiger partial charge in [-0.15, -0.1) is 0 Å². The minimum atomic E-state index is -0.484. The molecule has 1 heterocycles. The number of methoxy groups -OCH3 is 1. The normalized spacial score (nSPS) is 10.1. The van der Waals surface area contributed by atoms with Gasteiger partial charge in [-0.05, 0) is 37.3 Å². The SMILES string of the molecule is CCOc1ccccc1Nc1cc(C(=O)Nc2cccc(C(=O)OC)c2)ncn1. The van der Waals surface area contributed by atoms with Crippen molar-refractivity contribution in [2.75, 3.05) is 24.4 Å². The van der Waals surface area contributed by atoms with Crippen LogP contribution in [0.3, 0.4) is 0 Å². The second kappa shape index (κ2) is 9.32. The first-order valence-electron chi connectivity index (χ1n) is 8.91. The van der Waals surface area contributed by atoms with Gasteiger partial charge in [0.1, 0.15) is 23.6 Å². The van der Waals surface area contributed by atoms with Crippen molar-refractivity contribution in [1.29, 1.82) is 0 Å². The van der Waals surface area contributed by atoms with Crippen molar-refractivity contribution < 1.29 is 19.1 Å². The highest BCUT2D eigenvalue weighted by Gasteiger charge is 2.12. The van der Waals surface area contributed by atoms with Crippen molar-refractivity contribution in [1.82, 2.24) is 9.97 Å². The van der Waals surface area contributed by atoms with E-state index in [0.717, 1.165) is 5.69 Å². The van der Waals surface area contributed by atoms with Gasteiger partial charge < -0.3 is 20.1 Å². The van der Waals surface area contributed by atoms with Gasteiger partial charge in [0, 0.05) is 11.8 Å². The minimum Gasteiger partial charge on any atom is -0.492 e. The summed E-state index contributed by atoms with van der Waals surface area (Å²) in [4.78, 5) is 32.4. The molecule has 0 spiro atoms. The van der Waals surface area contributed by atoms with E-state index in [9.17, 15) is 9.59 Å². The first kappa shape index (κ1) is 19.8. The molecular formula is C21H20N4O4. The molecule has 0 saturated carbocycles. The lowest BCUT2D eigenvalue weighted by molar-refractivity contribution is 0.0600. The van der Waals surface area contributed by atoms with Gasteiger partial charge in [-0.3, -0.25) is 4.79 Å². The van der Waals surface area contributed by atoms with Crippen LogP contribution in [-0.2, 0) is 4.74 Å². The second-order valence-corrected chi connectivity index (χ2v) is 5.87. The Balaban J connectivity index is 1.76. The van der Waals surface area contributed by atoms with E-state index >= 15 is 0 Å². The quantitative estimate of drug-likeness (QED) is 0.592. The molecule has 8 heteroatoms. The zero-order valence-corrected chi connectivity index (χ0v) is 16.0. The van der Waals surface area contributed by atoms with Crippen molar-refractivity contribution in [2.24, 2.45) is 0 Å². The molecule has 0 atom stereocenters. The molecule has 8 nitrogen and oxygen atoms in total.